The number of thiophene rings is 1. The second-order valence-corrected chi connectivity index (χ2v) is 7.25. The first-order chi connectivity index (χ1) is 13.1. The molecule has 0 spiro atoms. The van der Waals surface area contributed by atoms with Gasteiger partial charge in [0.15, 0.2) is 0 Å². The number of hydrogen-bond donors (Lipinski definition) is 1. The lowest BCUT2D eigenvalue weighted by Crippen LogP contribution is -2.14. The molecule has 4 rings (SSSR count). The van der Waals surface area contributed by atoms with Crippen molar-refractivity contribution in [3.63, 3.8) is 0 Å². The molecule has 6 nitrogen and oxygen atoms in total. The standard InChI is InChI=1S/C20H19N5OS/c1-13-15(14(2)25-20(23-13)21-12-22-25)9-10-19(26)24-17-7-4-3-6-16(17)18-8-5-11-27-18/h3-8,11-12H,9-10H2,1-2H3,(H,24,26). The predicted octanol–water partition coefficient (Wildman–Crippen LogP) is 4.04. The smallest absolute Gasteiger partial charge is 0.252 e. The number of anilines is 1. The monoisotopic (exact) mass is 377 g/mol. The first-order valence-corrected chi connectivity index (χ1v) is 9.60. The van der Waals surface area contributed by atoms with E-state index in [0.29, 0.717) is 18.6 Å². The molecule has 3 heterocycles. The van der Waals surface area contributed by atoms with Crippen LogP contribution in [0.5, 0.6) is 0 Å². The summed E-state index contributed by atoms with van der Waals surface area (Å²) >= 11 is 1.66. The van der Waals surface area contributed by atoms with Crippen molar-refractivity contribution in [1.82, 2.24) is 19.6 Å². The summed E-state index contributed by atoms with van der Waals surface area (Å²) in [5.41, 5.74) is 4.78. The molecule has 136 valence electrons. The zero-order valence-electron chi connectivity index (χ0n) is 15.1. The summed E-state index contributed by atoms with van der Waals surface area (Å²) in [6.45, 7) is 3.93. The molecule has 1 aromatic carbocycles. The molecule has 0 aliphatic heterocycles. The Kier molecular flexibility index (Phi) is 4.68. The average molecular weight is 377 g/mol. The lowest BCUT2D eigenvalue weighted by Gasteiger charge is -2.12. The number of carbonyl (C=O) groups is 1. The normalized spacial score (nSPS) is 11.0. The highest BCUT2D eigenvalue weighted by Gasteiger charge is 2.14. The molecule has 7 heteroatoms. The first kappa shape index (κ1) is 17.4. The Balaban J connectivity index is 1.50. The third-order valence-electron chi connectivity index (χ3n) is 4.58. The molecule has 1 N–H and O–H groups in total. The van der Waals surface area contributed by atoms with Crippen LogP contribution in [0, 0.1) is 13.8 Å². The molecule has 0 saturated carbocycles. The van der Waals surface area contributed by atoms with E-state index >= 15 is 0 Å². The summed E-state index contributed by atoms with van der Waals surface area (Å²) < 4.78 is 1.71. The largest absolute Gasteiger partial charge is 0.325 e. The van der Waals surface area contributed by atoms with Gasteiger partial charge < -0.3 is 5.32 Å². The van der Waals surface area contributed by atoms with Gasteiger partial charge in [0, 0.05) is 33.9 Å². The number of hydrogen-bond acceptors (Lipinski definition) is 5. The zero-order chi connectivity index (χ0) is 18.8. The fourth-order valence-electron chi connectivity index (χ4n) is 3.21. The van der Waals surface area contributed by atoms with Crippen molar-refractivity contribution in [2.75, 3.05) is 5.32 Å². The summed E-state index contributed by atoms with van der Waals surface area (Å²) in [7, 11) is 0. The number of aryl methyl sites for hydroxylation is 2. The number of nitrogens with zero attached hydrogens (tertiary/aromatic N) is 4. The Labute approximate surface area is 160 Å². The number of aromatic nitrogens is 4. The van der Waals surface area contributed by atoms with Crippen molar-refractivity contribution in [3.05, 3.63) is 65.1 Å². The van der Waals surface area contributed by atoms with Gasteiger partial charge in [-0.15, -0.1) is 11.3 Å². The molecule has 0 saturated heterocycles. The Hall–Kier alpha value is -3.06. The van der Waals surface area contributed by atoms with Gasteiger partial charge in [0.25, 0.3) is 5.78 Å². The summed E-state index contributed by atoms with van der Waals surface area (Å²) in [5.74, 6) is 0.569. The molecule has 3 aromatic heterocycles. The molecule has 0 unspecified atom stereocenters. The second kappa shape index (κ2) is 7.28. The van der Waals surface area contributed by atoms with Crippen LogP contribution < -0.4 is 5.32 Å². The maximum atomic E-state index is 12.6. The van der Waals surface area contributed by atoms with Crippen LogP contribution in [0.1, 0.15) is 23.4 Å². The van der Waals surface area contributed by atoms with E-state index in [2.05, 4.69) is 26.4 Å². The Morgan fingerprint density at radius 3 is 2.85 bits per heavy atom. The van der Waals surface area contributed by atoms with Crippen molar-refractivity contribution >= 4 is 28.7 Å². The molecule has 27 heavy (non-hydrogen) atoms. The van der Waals surface area contributed by atoms with E-state index in [1.165, 1.54) is 6.33 Å². The zero-order valence-corrected chi connectivity index (χ0v) is 16.0. The van der Waals surface area contributed by atoms with Crippen LogP contribution >= 0.6 is 11.3 Å². The molecular weight excluding hydrogens is 358 g/mol. The van der Waals surface area contributed by atoms with Crippen LogP contribution in [0.4, 0.5) is 5.69 Å². The Bertz CT molecular complexity index is 1100. The minimum atomic E-state index is -0.0171. The van der Waals surface area contributed by atoms with E-state index in [9.17, 15) is 4.79 Å². The number of benzene rings is 1. The van der Waals surface area contributed by atoms with E-state index in [-0.39, 0.29) is 5.91 Å². The van der Waals surface area contributed by atoms with Gasteiger partial charge in [-0.1, -0.05) is 24.3 Å². The van der Waals surface area contributed by atoms with Crippen LogP contribution in [-0.2, 0) is 11.2 Å². The molecule has 0 aliphatic rings. The molecule has 0 bridgehead atoms. The summed E-state index contributed by atoms with van der Waals surface area (Å²) in [6, 6.07) is 11.9. The second-order valence-electron chi connectivity index (χ2n) is 6.30. The minimum Gasteiger partial charge on any atom is -0.325 e. The summed E-state index contributed by atoms with van der Waals surface area (Å²) in [4.78, 5) is 22.3. The van der Waals surface area contributed by atoms with Crippen LogP contribution in [0.15, 0.2) is 48.1 Å². The van der Waals surface area contributed by atoms with Gasteiger partial charge in [0.05, 0.1) is 0 Å². The topological polar surface area (TPSA) is 72.2 Å². The summed E-state index contributed by atoms with van der Waals surface area (Å²) in [6.07, 6.45) is 2.47. The maximum absolute atomic E-state index is 12.6. The molecule has 0 atom stereocenters. The lowest BCUT2D eigenvalue weighted by molar-refractivity contribution is -0.116. The summed E-state index contributed by atoms with van der Waals surface area (Å²) in [5, 5.41) is 9.29. The van der Waals surface area contributed by atoms with Gasteiger partial charge in [-0.25, -0.2) is 9.50 Å². The maximum Gasteiger partial charge on any atom is 0.252 e. The van der Waals surface area contributed by atoms with Gasteiger partial charge in [-0.05, 0) is 43.3 Å². The lowest BCUT2D eigenvalue weighted by atomic mass is 10.1. The van der Waals surface area contributed by atoms with Crippen LogP contribution in [-0.4, -0.2) is 25.5 Å². The van der Waals surface area contributed by atoms with Crippen molar-refractivity contribution < 1.29 is 4.79 Å². The quantitative estimate of drug-likeness (QED) is 0.570. The van der Waals surface area contributed by atoms with E-state index in [1.807, 2.05) is 49.6 Å². The highest BCUT2D eigenvalue weighted by molar-refractivity contribution is 7.13. The van der Waals surface area contributed by atoms with Crippen molar-refractivity contribution in [3.8, 4) is 10.4 Å². The molecule has 0 fully saturated rings. The SMILES string of the molecule is Cc1nc2ncnn2c(C)c1CCC(=O)Nc1ccccc1-c1cccs1. The van der Waals surface area contributed by atoms with Gasteiger partial charge in [-0.3, -0.25) is 4.79 Å². The molecule has 0 aliphatic carbocycles. The number of carbonyl (C=O) groups excluding carboxylic acids is 1. The van der Waals surface area contributed by atoms with E-state index in [4.69, 9.17) is 0 Å². The fraction of sp³-hybridized carbons (Fsp3) is 0.200. The predicted molar refractivity (Wildman–Crippen MR) is 107 cm³/mol. The van der Waals surface area contributed by atoms with Crippen molar-refractivity contribution in [2.24, 2.45) is 0 Å². The third kappa shape index (κ3) is 3.46. The Morgan fingerprint density at radius 2 is 2.04 bits per heavy atom. The van der Waals surface area contributed by atoms with Crippen molar-refractivity contribution in [2.45, 2.75) is 26.7 Å². The van der Waals surface area contributed by atoms with E-state index < -0.39 is 0 Å². The van der Waals surface area contributed by atoms with Crippen LogP contribution in [0.3, 0.4) is 0 Å². The van der Waals surface area contributed by atoms with Gasteiger partial charge in [0.1, 0.15) is 6.33 Å². The number of fused-ring (bicyclic) bond motifs is 1. The number of rotatable bonds is 5. The third-order valence-corrected chi connectivity index (χ3v) is 5.48. The van der Waals surface area contributed by atoms with Crippen LogP contribution in [0.25, 0.3) is 16.2 Å². The van der Waals surface area contributed by atoms with Crippen LogP contribution in [0.2, 0.25) is 0 Å². The molecular formula is C20H19N5OS. The van der Waals surface area contributed by atoms with Gasteiger partial charge in [-0.2, -0.15) is 10.1 Å². The van der Waals surface area contributed by atoms with E-state index in [0.717, 1.165) is 33.1 Å². The van der Waals surface area contributed by atoms with E-state index in [1.54, 1.807) is 15.9 Å². The number of para-hydroxylation sites is 1. The molecule has 4 aromatic rings. The van der Waals surface area contributed by atoms with Gasteiger partial charge >= 0.3 is 0 Å². The Morgan fingerprint density at radius 1 is 1.19 bits per heavy atom. The van der Waals surface area contributed by atoms with Gasteiger partial charge in [0.2, 0.25) is 5.91 Å². The molecule has 1 amide bonds. The fourth-order valence-corrected chi connectivity index (χ4v) is 3.97. The highest BCUT2D eigenvalue weighted by atomic mass is 32.1. The number of amides is 1. The molecule has 0 radical (unpaired) electrons. The average Bonchev–Trinajstić information content (AvgIpc) is 3.33. The first-order valence-electron chi connectivity index (χ1n) is 8.72. The van der Waals surface area contributed by atoms with Crippen molar-refractivity contribution in [1.29, 1.82) is 0 Å². The number of nitrogens with one attached hydrogen (secondary N) is 1. The minimum absolute atomic E-state index is 0.0171. The highest BCUT2D eigenvalue weighted by Crippen LogP contribution is 2.31.